The summed E-state index contributed by atoms with van der Waals surface area (Å²) in [7, 11) is 0. The molecule has 0 radical (unpaired) electrons. The second-order valence-corrected chi connectivity index (χ2v) is 6.63. The van der Waals surface area contributed by atoms with Gasteiger partial charge in [-0.25, -0.2) is 4.79 Å². The Morgan fingerprint density at radius 2 is 1.71 bits per heavy atom. The summed E-state index contributed by atoms with van der Waals surface area (Å²) in [6.45, 7) is 4.16. The Morgan fingerprint density at radius 1 is 1.00 bits per heavy atom. The molecule has 3 amide bonds. The van der Waals surface area contributed by atoms with Crippen LogP contribution in [-0.4, -0.2) is 17.7 Å². The average molecular weight is 343 g/mol. The van der Waals surface area contributed by atoms with Crippen LogP contribution >= 0.6 is 11.8 Å². The molecular weight excluding hydrogens is 322 g/mol. The molecule has 0 aliphatic heterocycles. The number of rotatable bonds is 6. The van der Waals surface area contributed by atoms with Crippen LogP contribution in [0.2, 0.25) is 0 Å². The van der Waals surface area contributed by atoms with Crippen molar-refractivity contribution in [2.24, 2.45) is 5.73 Å². The van der Waals surface area contributed by atoms with Gasteiger partial charge in [0.25, 0.3) is 0 Å². The summed E-state index contributed by atoms with van der Waals surface area (Å²) in [5, 5.41) is 5.29. The second kappa shape index (κ2) is 8.40. The lowest BCUT2D eigenvalue weighted by molar-refractivity contribution is -0.115. The second-order valence-electron chi connectivity index (χ2n) is 5.46. The van der Waals surface area contributed by atoms with Crippen LogP contribution in [0, 0.1) is 13.8 Å². The molecule has 0 bridgehead atoms. The fourth-order valence-corrected chi connectivity index (χ4v) is 3.05. The number of carbonyl (C=O) groups is 2. The standard InChI is InChI=1S/C18H21N3O2S/c1-12-6-7-16(10-13(12)2)24-9-8-17(22)20-14-4-3-5-15(11-14)21-18(19)23/h3-7,10-11H,8-9H2,1-2H3,(H,20,22)(H3,19,21,23). The third-order valence-electron chi connectivity index (χ3n) is 3.49. The van der Waals surface area contributed by atoms with Gasteiger partial charge in [0.15, 0.2) is 0 Å². The van der Waals surface area contributed by atoms with E-state index in [1.807, 2.05) is 0 Å². The first-order chi connectivity index (χ1) is 11.4. The van der Waals surface area contributed by atoms with Crippen LogP contribution in [-0.2, 0) is 4.79 Å². The molecule has 0 aliphatic rings. The summed E-state index contributed by atoms with van der Waals surface area (Å²) < 4.78 is 0. The number of urea groups is 1. The quantitative estimate of drug-likeness (QED) is 0.695. The summed E-state index contributed by atoms with van der Waals surface area (Å²) in [4.78, 5) is 24.0. The fraction of sp³-hybridized carbons (Fsp3) is 0.222. The van der Waals surface area contributed by atoms with E-state index in [0.29, 0.717) is 23.5 Å². The largest absolute Gasteiger partial charge is 0.351 e. The Hall–Kier alpha value is -2.47. The number of anilines is 2. The van der Waals surface area contributed by atoms with Gasteiger partial charge in [0.2, 0.25) is 5.91 Å². The third-order valence-corrected chi connectivity index (χ3v) is 4.49. The highest BCUT2D eigenvalue weighted by molar-refractivity contribution is 7.99. The number of benzene rings is 2. The van der Waals surface area contributed by atoms with Gasteiger partial charge in [-0.05, 0) is 55.3 Å². The molecule has 6 heteroatoms. The van der Waals surface area contributed by atoms with E-state index in [9.17, 15) is 9.59 Å². The minimum atomic E-state index is -0.636. The highest BCUT2D eigenvalue weighted by Gasteiger charge is 2.05. The van der Waals surface area contributed by atoms with Gasteiger partial charge in [-0.1, -0.05) is 12.1 Å². The molecule has 2 aromatic rings. The van der Waals surface area contributed by atoms with Crippen molar-refractivity contribution >= 4 is 35.1 Å². The zero-order chi connectivity index (χ0) is 17.5. The maximum atomic E-state index is 12.0. The van der Waals surface area contributed by atoms with Gasteiger partial charge in [-0.2, -0.15) is 0 Å². The number of aryl methyl sites for hydroxylation is 2. The number of amides is 3. The first-order valence-corrected chi connectivity index (χ1v) is 8.59. The zero-order valence-electron chi connectivity index (χ0n) is 13.8. The van der Waals surface area contributed by atoms with Crippen molar-refractivity contribution < 1.29 is 9.59 Å². The van der Waals surface area contributed by atoms with Crippen molar-refractivity contribution in [3.8, 4) is 0 Å². The van der Waals surface area contributed by atoms with E-state index in [2.05, 4.69) is 42.7 Å². The minimum Gasteiger partial charge on any atom is -0.351 e. The molecule has 0 atom stereocenters. The SMILES string of the molecule is Cc1ccc(SCCC(=O)Nc2cccc(NC(N)=O)c2)cc1C. The Kier molecular flexibility index (Phi) is 6.26. The number of primary amides is 1. The summed E-state index contributed by atoms with van der Waals surface area (Å²) in [6, 6.07) is 12.5. The summed E-state index contributed by atoms with van der Waals surface area (Å²) >= 11 is 1.66. The molecule has 0 saturated heterocycles. The monoisotopic (exact) mass is 343 g/mol. The van der Waals surface area contributed by atoms with Crippen LogP contribution in [0.25, 0.3) is 0 Å². The van der Waals surface area contributed by atoms with Crippen LogP contribution in [0.5, 0.6) is 0 Å². The van der Waals surface area contributed by atoms with Crippen molar-refractivity contribution in [2.75, 3.05) is 16.4 Å². The first kappa shape index (κ1) is 17.9. The van der Waals surface area contributed by atoms with Gasteiger partial charge in [-0.3, -0.25) is 4.79 Å². The Balaban J connectivity index is 1.82. The van der Waals surface area contributed by atoms with E-state index >= 15 is 0 Å². The van der Waals surface area contributed by atoms with Crippen molar-refractivity contribution in [1.82, 2.24) is 0 Å². The van der Waals surface area contributed by atoms with E-state index in [0.717, 1.165) is 0 Å². The van der Waals surface area contributed by atoms with Crippen molar-refractivity contribution in [3.05, 3.63) is 53.6 Å². The highest BCUT2D eigenvalue weighted by Crippen LogP contribution is 2.22. The Labute approximate surface area is 146 Å². The predicted molar refractivity (Wildman–Crippen MR) is 99.5 cm³/mol. The van der Waals surface area contributed by atoms with Gasteiger partial charge < -0.3 is 16.4 Å². The van der Waals surface area contributed by atoms with E-state index < -0.39 is 6.03 Å². The van der Waals surface area contributed by atoms with Gasteiger partial charge in [-0.15, -0.1) is 11.8 Å². The van der Waals surface area contributed by atoms with Gasteiger partial charge in [0, 0.05) is 28.4 Å². The van der Waals surface area contributed by atoms with E-state index in [-0.39, 0.29) is 5.91 Å². The molecular formula is C18H21N3O2S. The fourth-order valence-electron chi connectivity index (χ4n) is 2.11. The van der Waals surface area contributed by atoms with Crippen molar-refractivity contribution in [1.29, 1.82) is 0 Å². The topological polar surface area (TPSA) is 84.2 Å². The van der Waals surface area contributed by atoms with Gasteiger partial charge in [0.1, 0.15) is 0 Å². The molecule has 2 aromatic carbocycles. The lowest BCUT2D eigenvalue weighted by Gasteiger charge is -2.08. The molecule has 0 heterocycles. The third kappa shape index (κ3) is 5.62. The van der Waals surface area contributed by atoms with Gasteiger partial charge >= 0.3 is 6.03 Å². The molecule has 4 N–H and O–H groups in total. The number of hydrogen-bond donors (Lipinski definition) is 3. The molecule has 0 aromatic heterocycles. The normalized spacial score (nSPS) is 10.2. The number of thioether (sulfide) groups is 1. The van der Waals surface area contributed by atoms with E-state index in [1.54, 1.807) is 36.0 Å². The average Bonchev–Trinajstić information content (AvgIpc) is 2.50. The molecule has 5 nitrogen and oxygen atoms in total. The smallest absolute Gasteiger partial charge is 0.316 e. The van der Waals surface area contributed by atoms with Crippen LogP contribution < -0.4 is 16.4 Å². The Morgan fingerprint density at radius 3 is 2.38 bits per heavy atom. The summed E-state index contributed by atoms with van der Waals surface area (Å²) in [6.07, 6.45) is 0.408. The maximum absolute atomic E-state index is 12.0. The minimum absolute atomic E-state index is 0.0671. The summed E-state index contributed by atoms with van der Waals surface area (Å²) in [5.74, 6) is 0.635. The number of hydrogen-bond acceptors (Lipinski definition) is 3. The molecule has 0 unspecified atom stereocenters. The van der Waals surface area contributed by atoms with Gasteiger partial charge in [0.05, 0.1) is 0 Å². The molecule has 126 valence electrons. The van der Waals surface area contributed by atoms with E-state index in [1.165, 1.54) is 16.0 Å². The Bertz CT molecular complexity index is 747. The van der Waals surface area contributed by atoms with Crippen LogP contribution in [0.15, 0.2) is 47.4 Å². The lowest BCUT2D eigenvalue weighted by atomic mass is 10.1. The molecule has 0 fully saturated rings. The summed E-state index contributed by atoms with van der Waals surface area (Å²) in [5.41, 5.74) is 8.77. The van der Waals surface area contributed by atoms with E-state index in [4.69, 9.17) is 5.73 Å². The molecule has 24 heavy (non-hydrogen) atoms. The predicted octanol–water partition coefficient (Wildman–Crippen LogP) is 3.91. The highest BCUT2D eigenvalue weighted by atomic mass is 32.2. The number of nitrogens with two attached hydrogens (primary N) is 1. The molecule has 0 aliphatic carbocycles. The van der Waals surface area contributed by atoms with Crippen LogP contribution in [0.1, 0.15) is 17.5 Å². The molecule has 2 rings (SSSR count). The molecule has 0 saturated carbocycles. The first-order valence-electron chi connectivity index (χ1n) is 7.60. The number of nitrogens with one attached hydrogen (secondary N) is 2. The van der Waals surface area contributed by atoms with Crippen LogP contribution in [0.4, 0.5) is 16.2 Å². The molecule has 0 spiro atoms. The van der Waals surface area contributed by atoms with Crippen molar-refractivity contribution in [3.63, 3.8) is 0 Å². The number of carbonyl (C=O) groups excluding carboxylic acids is 2. The zero-order valence-corrected chi connectivity index (χ0v) is 14.6. The van der Waals surface area contributed by atoms with Crippen LogP contribution in [0.3, 0.4) is 0 Å². The lowest BCUT2D eigenvalue weighted by Crippen LogP contribution is -2.19. The maximum Gasteiger partial charge on any atom is 0.316 e. The van der Waals surface area contributed by atoms with Crippen molar-refractivity contribution in [2.45, 2.75) is 25.2 Å².